The molecule has 0 aliphatic rings. The molecule has 5 nitrogen and oxygen atoms in total. The van der Waals surface area contributed by atoms with Crippen molar-refractivity contribution in [2.45, 2.75) is 24.5 Å². The fraction of sp³-hybridized carbons (Fsp3) is 0.240. The van der Waals surface area contributed by atoms with Crippen molar-refractivity contribution in [2.24, 2.45) is 0 Å². The van der Waals surface area contributed by atoms with Gasteiger partial charge in [0.25, 0.3) is 10.0 Å². The second kappa shape index (κ2) is 12.0. The molecule has 1 N–H and O–H groups in total. The Kier molecular flexibility index (Phi) is 9.31. The lowest BCUT2D eigenvalue weighted by atomic mass is 10.2. The molecule has 3 aromatic carbocycles. The number of hydrogen-bond donors (Lipinski definition) is 1. The molecule has 3 rings (SSSR count). The van der Waals surface area contributed by atoms with E-state index < -0.39 is 10.0 Å². The van der Waals surface area contributed by atoms with Gasteiger partial charge in [0.1, 0.15) is 6.54 Å². The summed E-state index contributed by atoms with van der Waals surface area (Å²) in [5, 5.41) is 4.03. The zero-order valence-corrected chi connectivity index (χ0v) is 22.1. The van der Waals surface area contributed by atoms with Gasteiger partial charge in [-0.1, -0.05) is 59.1 Å². The number of anilines is 1. The van der Waals surface area contributed by atoms with Crippen molar-refractivity contribution in [3.05, 3.63) is 93.5 Å². The minimum atomic E-state index is -3.93. The summed E-state index contributed by atoms with van der Waals surface area (Å²) in [5.74, 6) is 0.863. The summed E-state index contributed by atoms with van der Waals surface area (Å²) in [4.78, 5) is 12.9. The van der Waals surface area contributed by atoms with Crippen molar-refractivity contribution in [1.29, 1.82) is 0 Å². The quantitative estimate of drug-likeness (QED) is 0.329. The topological polar surface area (TPSA) is 66.5 Å². The molecule has 0 aliphatic carbocycles. The first-order chi connectivity index (χ1) is 16.2. The van der Waals surface area contributed by atoms with Gasteiger partial charge in [-0.25, -0.2) is 8.42 Å². The van der Waals surface area contributed by atoms with E-state index in [1.54, 1.807) is 72.4 Å². The number of hydrogen-bond acceptors (Lipinski definition) is 4. The molecule has 0 saturated heterocycles. The van der Waals surface area contributed by atoms with Gasteiger partial charge in [-0.05, 0) is 61.4 Å². The smallest absolute Gasteiger partial charge is 0.264 e. The van der Waals surface area contributed by atoms with E-state index in [0.29, 0.717) is 33.8 Å². The first kappa shape index (κ1) is 26.4. The molecule has 0 radical (unpaired) electrons. The van der Waals surface area contributed by atoms with Crippen LogP contribution in [0.5, 0.6) is 0 Å². The Morgan fingerprint density at radius 3 is 2.24 bits per heavy atom. The maximum Gasteiger partial charge on any atom is 0.264 e. The van der Waals surface area contributed by atoms with Crippen LogP contribution >= 0.6 is 35.0 Å². The molecule has 0 unspecified atom stereocenters. The van der Waals surface area contributed by atoms with E-state index in [9.17, 15) is 13.2 Å². The van der Waals surface area contributed by atoms with Crippen molar-refractivity contribution in [2.75, 3.05) is 23.1 Å². The van der Waals surface area contributed by atoms with E-state index in [1.807, 2.05) is 19.9 Å². The second-order valence-corrected chi connectivity index (χ2v) is 11.5. The Morgan fingerprint density at radius 1 is 0.941 bits per heavy atom. The monoisotopic (exact) mass is 536 g/mol. The largest absolute Gasteiger partial charge is 0.354 e. The standard InChI is InChI=1S/C25H26Cl2N2O3S2/c1-18-9-11-21(12-10-18)34(31,32)29(20-6-3-5-19(2)15-20)16-25(30)28-13-14-33-17-22-23(26)7-4-8-24(22)27/h3-12,15H,13-14,16-17H2,1-2H3,(H,28,30). The first-order valence-corrected chi connectivity index (χ1v) is 14.0. The van der Waals surface area contributed by atoms with Gasteiger partial charge in [0.2, 0.25) is 5.91 Å². The molecule has 0 fully saturated rings. The molecule has 1 amide bonds. The van der Waals surface area contributed by atoms with E-state index in [2.05, 4.69) is 5.32 Å². The molecule has 0 aliphatic heterocycles. The zero-order chi connectivity index (χ0) is 24.7. The van der Waals surface area contributed by atoms with Crippen LogP contribution < -0.4 is 9.62 Å². The summed E-state index contributed by atoms with van der Waals surface area (Å²) in [6.45, 7) is 3.83. The fourth-order valence-electron chi connectivity index (χ4n) is 3.23. The number of halogens is 2. The Hall–Kier alpha value is -2.19. The third-order valence-electron chi connectivity index (χ3n) is 5.06. The molecule has 3 aromatic rings. The fourth-order valence-corrected chi connectivity index (χ4v) is 6.24. The first-order valence-electron chi connectivity index (χ1n) is 10.6. The molecule has 0 heterocycles. The number of carbonyl (C=O) groups is 1. The van der Waals surface area contributed by atoms with Crippen LogP contribution in [-0.2, 0) is 20.6 Å². The van der Waals surface area contributed by atoms with E-state index in [1.165, 1.54) is 0 Å². The molecular weight excluding hydrogens is 511 g/mol. The highest BCUT2D eigenvalue weighted by atomic mass is 35.5. The van der Waals surface area contributed by atoms with Gasteiger partial charge in [-0.15, -0.1) is 0 Å². The summed E-state index contributed by atoms with van der Waals surface area (Å²) in [5.41, 5.74) is 3.15. The van der Waals surface area contributed by atoms with Crippen LogP contribution in [0.2, 0.25) is 10.0 Å². The molecule has 0 aromatic heterocycles. The highest BCUT2D eigenvalue weighted by molar-refractivity contribution is 7.98. The van der Waals surface area contributed by atoms with Crippen molar-refractivity contribution in [1.82, 2.24) is 5.32 Å². The number of nitrogens with zero attached hydrogens (tertiary/aromatic N) is 1. The van der Waals surface area contributed by atoms with Crippen LogP contribution in [0.15, 0.2) is 71.6 Å². The van der Waals surface area contributed by atoms with Crippen molar-refractivity contribution in [3.63, 3.8) is 0 Å². The highest BCUT2D eigenvalue weighted by Gasteiger charge is 2.27. The van der Waals surface area contributed by atoms with Crippen LogP contribution in [0, 0.1) is 13.8 Å². The minimum Gasteiger partial charge on any atom is -0.354 e. The average Bonchev–Trinajstić information content (AvgIpc) is 2.79. The Morgan fingerprint density at radius 2 is 1.59 bits per heavy atom. The lowest BCUT2D eigenvalue weighted by Crippen LogP contribution is -2.41. The lowest BCUT2D eigenvalue weighted by Gasteiger charge is -2.24. The van der Waals surface area contributed by atoms with Gasteiger partial charge < -0.3 is 5.32 Å². The van der Waals surface area contributed by atoms with E-state index in [-0.39, 0.29) is 17.3 Å². The van der Waals surface area contributed by atoms with Crippen LogP contribution in [0.4, 0.5) is 5.69 Å². The molecule has 0 bridgehead atoms. The summed E-state index contributed by atoms with van der Waals surface area (Å²) in [7, 11) is -3.93. The number of carbonyl (C=O) groups excluding carboxylic acids is 1. The van der Waals surface area contributed by atoms with Gasteiger partial charge in [0.15, 0.2) is 0 Å². The number of aryl methyl sites for hydroxylation is 2. The van der Waals surface area contributed by atoms with Gasteiger partial charge >= 0.3 is 0 Å². The number of rotatable bonds is 10. The SMILES string of the molecule is Cc1ccc(S(=O)(=O)N(CC(=O)NCCSCc2c(Cl)cccc2Cl)c2cccc(C)c2)cc1. The van der Waals surface area contributed by atoms with Crippen LogP contribution in [0.25, 0.3) is 0 Å². The molecule has 0 spiro atoms. The predicted octanol–water partition coefficient (Wildman–Crippen LogP) is 5.86. The lowest BCUT2D eigenvalue weighted by molar-refractivity contribution is -0.119. The van der Waals surface area contributed by atoms with Gasteiger partial charge in [0.05, 0.1) is 10.6 Å². The number of benzene rings is 3. The molecule has 180 valence electrons. The van der Waals surface area contributed by atoms with E-state index in [4.69, 9.17) is 23.2 Å². The van der Waals surface area contributed by atoms with Gasteiger partial charge in [-0.2, -0.15) is 11.8 Å². The molecular formula is C25H26Cl2N2O3S2. The van der Waals surface area contributed by atoms with Gasteiger partial charge in [-0.3, -0.25) is 9.10 Å². The predicted molar refractivity (Wildman–Crippen MR) is 143 cm³/mol. The summed E-state index contributed by atoms with van der Waals surface area (Å²) < 4.78 is 28.0. The molecule has 9 heteroatoms. The minimum absolute atomic E-state index is 0.139. The number of amides is 1. The highest BCUT2D eigenvalue weighted by Crippen LogP contribution is 2.28. The number of thioether (sulfide) groups is 1. The Labute approximate surface area is 215 Å². The number of nitrogens with one attached hydrogen (secondary N) is 1. The van der Waals surface area contributed by atoms with E-state index in [0.717, 1.165) is 21.0 Å². The molecule has 0 saturated carbocycles. The summed E-state index contributed by atoms with van der Waals surface area (Å²) in [6.07, 6.45) is 0. The zero-order valence-electron chi connectivity index (χ0n) is 18.9. The van der Waals surface area contributed by atoms with Crippen molar-refractivity contribution >= 4 is 56.6 Å². The van der Waals surface area contributed by atoms with E-state index >= 15 is 0 Å². The normalized spacial score (nSPS) is 11.3. The Bertz CT molecular complexity index is 1230. The Balaban J connectivity index is 1.65. The van der Waals surface area contributed by atoms with Crippen molar-refractivity contribution < 1.29 is 13.2 Å². The van der Waals surface area contributed by atoms with Crippen LogP contribution in [0.1, 0.15) is 16.7 Å². The number of sulfonamides is 1. The second-order valence-electron chi connectivity index (χ2n) is 7.77. The van der Waals surface area contributed by atoms with Crippen molar-refractivity contribution in [3.8, 4) is 0 Å². The van der Waals surface area contributed by atoms with Crippen LogP contribution in [0.3, 0.4) is 0 Å². The van der Waals surface area contributed by atoms with Gasteiger partial charge in [0, 0.05) is 28.1 Å². The summed E-state index contributed by atoms with van der Waals surface area (Å²) in [6, 6.07) is 19.1. The third kappa shape index (κ3) is 6.92. The van der Waals surface area contributed by atoms with Crippen LogP contribution in [-0.4, -0.2) is 33.2 Å². The average molecular weight is 538 g/mol. The maximum atomic E-state index is 13.4. The maximum absolute atomic E-state index is 13.4. The summed E-state index contributed by atoms with van der Waals surface area (Å²) >= 11 is 14.0. The molecule has 34 heavy (non-hydrogen) atoms. The third-order valence-corrected chi connectivity index (χ3v) is 8.54. The molecule has 0 atom stereocenters.